The highest BCUT2D eigenvalue weighted by Gasteiger charge is 2.29. The van der Waals surface area contributed by atoms with Gasteiger partial charge in [-0.2, -0.15) is 0 Å². The van der Waals surface area contributed by atoms with Crippen molar-refractivity contribution in [1.82, 2.24) is 14.8 Å². The molecule has 1 atom stereocenters. The molecule has 2 saturated heterocycles. The van der Waals surface area contributed by atoms with Crippen LogP contribution in [0.1, 0.15) is 32.6 Å². The van der Waals surface area contributed by atoms with E-state index in [1.54, 1.807) is 11.3 Å². The molecule has 0 radical (unpaired) electrons. The molecule has 122 valence electrons. The standard InChI is InChI=1S/C16H26N4OS/c1-14(15(21)19-7-4-2-3-5-8-19)18-9-11-20(12-10-18)16-17-6-13-22-16/h6,13-14H,2-5,7-12H2,1H3/t14-/m0/s1. The number of hydrogen-bond acceptors (Lipinski definition) is 5. The van der Waals surface area contributed by atoms with Crippen molar-refractivity contribution in [3.8, 4) is 0 Å². The van der Waals surface area contributed by atoms with Gasteiger partial charge in [-0.05, 0) is 19.8 Å². The maximum absolute atomic E-state index is 12.7. The molecule has 0 saturated carbocycles. The zero-order chi connectivity index (χ0) is 15.4. The normalized spacial score (nSPS) is 22.4. The predicted octanol–water partition coefficient (Wildman–Crippen LogP) is 2.06. The van der Waals surface area contributed by atoms with Crippen molar-refractivity contribution in [3.63, 3.8) is 0 Å². The van der Waals surface area contributed by atoms with E-state index in [1.165, 1.54) is 12.8 Å². The molecule has 5 nitrogen and oxygen atoms in total. The van der Waals surface area contributed by atoms with E-state index in [-0.39, 0.29) is 6.04 Å². The Morgan fingerprint density at radius 1 is 1.09 bits per heavy atom. The first kappa shape index (κ1) is 15.7. The summed E-state index contributed by atoms with van der Waals surface area (Å²) in [4.78, 5) is 23.8. The lowest BCUT2D eigenvalue weighted by molar-refractivity contribution is -0.136. The monoisotopic (exact) mass is 322 g/mol. The van der Waals surface area contributed by atoms with Crippen molar-refractivity contribution in [2.45, 2.75) is 38.6 Å². The van der Waals surface area contributed by atoms with E-state index in [9.17, 15) is 4.79 Å². The van der Waals surface area contributed by atoms with Gasteiger partial charge in [0.15, 0.2) is 5.13 Å². The van der Waals surface area contributed by atoms with Gasteiger partial charge in [0.1, 0.15) is 0 Å². The number of piperazine rings is 1. The molecule has 2 aliphatic rings. The smallest absolute Gasteiger partial charge is 0.239 e. The van der Waals surface area contributed by atoms with E-state index in [2.05, 4.69) is 26.6 Å². The number of rotatable bonds is 3. The van der Waals surface area contributed by atoms with Gasteiger partial charge in [-0.25, -0.2) is 4.98 Å². The summed E-state index contributed by atoms with van der Waals surface area (Å²) in [7, 11) is 0. The van der Waals surface area contributed by atoms with Gasteiger partial charge in [0.2, 0.25) is 5.91 Å². The minimum Gasteiger partial charge on any atom is -0.346 e. The third-order valence-electron chi connectivity index (χ3n) is 4.83. The highest BCUT2D eigenvalue weighted by Crippen LogP contribution is 2.20. The number of aromatic nitrogens is 1. The van der Waals surface area contributed by atoms with Crippen LogP contribution in [0.25, 0.3) is 0 Å². The summed E-state index contributed by atoms with van der Waals surface area (Å²) in [5.41, 5.74) is 0. The van der Waals surface area contributed by atoms with Crippen molar-refractivity contribution in [3.05, 3.63) is 11.6 Å². The lowest BCUT2D eigenvalue weighted by atomic mass is 10.2. The highest BCUT2D eigenvalue weighted by atomic mass is 32.1. The molecule has 0 aliphatic carbocycles. The van der Waals surface area contributed by atoms with Crippen molar-refractivity contribution in [1.29, 1.82) is 0 Å². The third-order valence-corrected chi connectivity index (χ3v) is 5.66. The van der Waals surface area contributed by atoms with Crippen LogP contribution in [-0.2, 0) is 4.79 Å². The fraction of sp³-hybridized carbons (Fsp3) is 0.750. The van der Waals surface area contributed by atoms with Crippen LogP contribution >= 0.6 is 11.3 Å². The molecule has 1 aromatic heterocycles. The average Bonchev–Trinajstić information content (AvgIpc) is 2.96. The molecule has 2 fully saturated rings. The summed E-state index contributed by atoms with van der Waals surface area (Å²) in [6.07, 6.45) is 6.72. The summed E-state index contributed by atoms with van der Waals surface area (Å²) in [5, 5.41) is 3.12. The van der Waals surface area contributed by atoms with Crippen LogP contribution in [0.2, 0.25) is 0 Å². The number of carbonyl (C=O) groups excluding carboxylic acids is 1. The summed E-state index contributed by atoms with van der Waals surface area (Å²) in [6.45, 7) is 7.79. The molecule has 1 aromatic rings. The molecule has 0 unspecified atom stereocenters. The first-order chi connectivity index (χ1) is 10.8. The van der Waals surface area contributed by atoms with Crippen LogP contribution in [0.4, 0.5) is 5.13 Å². The topological polar surface area (TPSA) is 39.7 Å². The van der Waals surface area contributed by atoms with Gasteiger partial charge in [0.25, 0.3) is 0 Å². The van der Waals surface area contributed by atoms with Gasteiger partial charge >= 0.3 is 0 Å². The summed E-state index contributed by atoms with van der Waals surface area (Å²) in [6, 6.07) is 0.0107. The van der Waals surface area contributed by atoms with E-state index >= 15 is 0 Å². The number of nitrogens with zero attached hydrogens (tertiary/aromatic N) is 4. The Labute approximate surface area is 136 Å². The summed E-state index contributed by atoms with van der Waals surface area (Å²) < 4.78 is 0. The lowest BCUT2D eigenvalue weighted by Gasteiger charge is -2.38. The molecule has 0 spiro atoms. The Morgan fingerprint density at radius 2 is 1.77 bits per heavy atom. The van der Waals surface area contributed by atoms with Gasteiger partial charge < -0.3 is 9.80 Å². The zero-order valence-corrected chi connectivity index (χ0v) is 14.2. The fourth-order valence-electron chi connectivity index (χ4n) is 3.38. The lowest BCUT2D eigenvalue weighted by Crippen LogP contribution is -2.54. The SMILES string of the molecule is C[C@@H](C(=O)N1CCCCCC1)N1CCN(c2nccs2)CC1. The molecule has 0 N–H and O–H groups in total. The Balaban J connectivity index is 1.52. The molecule has 3 rings (SSSR count). The van der Waals surface area contributed by atoms with Crippen molar-refractivity contribution < 1.29 is 4.79 Å². The molecular weight excluding hydrogens is 296 g/mol. The van der Waals surface area contributed by atoms with Crippen LogP contribution in [0.5, 0.6) is 0 Å². The fourth-order valence-corrected chi connectivity index (χ4v) is 4.08. The van der Waals surface area contributed by atoms with Crippen LogP contribution in [0, 0.1) is 0 Å². The van der Waals surface area contributed by atoms with E-state index in [0.29, 0.717) is 5.91 Å². The van der Waals surface area contributed by atoms with Gasteiger partial charge in [-0.15, -0.1) is 11.3 Å². The van der Waals surface area contributed by atoms with Crippen LogP contribution in [0.15, 0.2) is 11.6 Å². The van der Waals surface area contributed by atoms with E-state index in [0.717, 1.165) is 57.2 Å². The van der Waals surface area contributed by atoms with E-state index in [1.807, 2.05) is 11.6 Å². The Bertz CT molecular complexity index is 463. The highest BCUT2D eigenvalue weighted by molar-refractivity contribution is 7.13. The zero-order valence-electron chi connectivity index (χ0n) is 13.4. The molecule has 6 heteroatoms. The number of amides is 1. The molecule has 2 aliphatic heterocycles. The maximum atomic E-state index is 12.7. The number of likely N-dealkylation sites (tertiary alicyclic amines) is 1. The number of thiazole rings is 1. The Morgan fingerprint density at radius 3 is 2.36 bits per heavy atom. The molecular formula is C16H26N4OS. The molecule has 1 amide bonds. The minimum absolute atomic E-state index is 0.0107. The van der Waals surface area contributed by atoms with E-state index in [4.69, 9.17) is 0 Å². The second-order valence-electron chi connectivity index (χ2n) is 6.25. The number of hydrogen-bond donors (Lipinski definition) is 0. The second kappa shape index (κ2) is 7.42. The van der Waals surface area contributed by atoms with Gasteiger partial charge in [-0.1, -0.05) is 12.8 Å². The number of anilines is 1. The largest absolute Gasteiger partial charge is 0.346 e. The second-order valence-corrected chi connectivity index (χ2v) is 7.13. The molecule has 0 aromatic carbocycles. The molecule has 0 bridgehead atoms. The predicted molar refractivity (Wildman–Crippen MR) is 90.4 cm³/mol. The molecule has 22 heavy (non-hydrogen) atoms. The van der Waals surface area contributed by atoms with Crippen molar-refractivity contribution in [2.75, 3.05) is 44.2 Å². The summed E-state index contributed by atoms with van der Waals surface area (Å²) in [5.74, 6) is 0.324. The molecule has 3 heterocycles. The first-order valence-corrected chi connectivity index (χ1v) is 9.31. The van der Waals surface area contributed by atoms with E-state index < -0.39 is 0 Å². The maximum Gasteiger partial charge on any atom is 0.239 e. The van der Waals surface area contributed by atoms with Crippen molar-refractivity contribution >= 4 is 22.4 Å². The van der Waals surface area contributed by atoms with Crippen molar-refractivity contribution in [2.24, 2.45) is 0 Å². The van der Waals surface area contributed by atoms with Gasteiger partial charge in [-0.3, -0.25) is 9.69 Å². The minimum atomic E-state index is 0.0107. The number of carbonyl (C=O) groups is 1. The third kappa shape index (κ3) is 3.60. The Kier molecular flexibility index (Phi) is 5.31. The Hall–Kier alpha value is -1.14. The van der Waals surface area contributed by atoms with Crippen LogP contribution < -0.4 is 4.90 Å². The quantitative estimate of drug-likeness (QED) is 0.854. The first-order valence-electron chi connectivity index (χ1n) is 8.43. The van der Waals surface area contributed by atoms with Gasteiger partial charge in [0.05, 0.1) is 6.04 Å². The summed E-state index contributed by atoms with van der Waals surface area (Å²) >= 11 is 1.69. The van der Waals surface area contributed by atoms with Crippen LogP contribution in [0.3, 0.4) is 0 Å². The van der Waals surface area contributed by atoms with Gasteiger partial charge in [0, 0.05) is 50.8 Å². The average molecular weight is 322 g/mol. The van der Waals surface area contributed by atoms with Crippen LogP contribution in [-0.4, -0.2) is 66.0 Å².